The van der Waals surface area contributed by atoms with Gasteiger partial charge in [0.15, 0.2) is 0 Å². The maximum atomic E-state index is 9.22. The van der Waals surface area contributed by atoms with Gasteiger partial charge in [-0.1, -0.05) is 5.11 Å². The Labute approximate surface area is 153 Å². The number of azo groups is 1. The maximum absolute atomic E-state index is 9.22. The zero-order valence-corrected chi connectivity index (χ0v) is 16.3. The van der Waals surface area contributed by atoms with E-state index in [-0.39, 0.29) is 0 Å². The smallest absolute Gasteiger partial charge is 0.403 e. The van der Waals surface area contributed by atoms with Crippen molar-refractivity contribution < 1.29 is 21.7 Å². The van der Waals surface area contributed by atoms with E-state index >= 15 is 0 Å². The van der Waals surface area contributed by atoms with E-state index in [1.807, 2.05) is 30.8 Å². The molecule has 0 aliphatic rings. The van der Waals surface area contributed by atoms with Gasteiger partial charge in [0.25, 0.3) is 0 Å². The van der Waals surface area contributed by atoms with Crippen LogP contribution < -0.4 is 9.47 Å². The number of hydrogen-bond donors (Lipinski definition) is 0. The highest BCUT2D eigenvalue weighted by molar-refractivity contribution is 7.80. The summed E-state index contributed by atoms with van der Waals surface area (Å²) in [6, 6.07) is 8.11. The second-order valence-electron chi connectivity index (χ2n) is 5.13. The molecular weight excluding hydrogens is 360 g/mol. The number of anilines is 1. The van der Waals surface area contributed by atoms with Gasteiger partial charge in [0, 0.05) is 23.9 Å². The first kappa shape index (κ1) is 21.7. The Morgan fingerprint density at radius 3 is 2.15 bits per heavy atom. The van der Waals surface area contributed by atoms with Crippen LogP contribution in [0.5, 0.6) is 0 Å². The first-order valence-electron chi connectivity index (χ1n) is 7.87. The van der Waals surface area contributed by atoms with Gasteiger partial charge in [-0.2, -0.15) is 0 Å². The molecule has 0 aliphatic heterocycles. The van der Waals surface area contributed by atoms with E-state index in [1.54, 1.807) is 11.0 Å². The lowest BCUT2D eigenvalue weighted by molar-refractivity contribution is -0.659. The lowest BCUT2D eigenvalue weighted by atomic mass is 10.2. The molecule has 26 heavy (non-hydrogen) atoms. The Morgan fingerprint density at radius 1 is 1.23 bits per heavy atom. The minimum atomic E-state index is -4.41. The molecule has 0 N–H and O–H groups in total. The van der Waals surface area contributed by atoms with Gasteiger partial charge < -0.3 is 9.45 Å². The van der Waals surface area contributed by atoms with Gasteiger partial charge in [0.05, 0.1) is 26.9 Å². The number of nitrogens with zero attached hydrogens (tertiary/aromatic N) is 6. The van der Waals surface area contributed by atoms with E-state index in [9.17, 15) is 13.0 Å². The number of aryl methyl sites for hydroxylation is 2. The number of hydrogen-bond acceptors (Lipinski definition) is 8. The topological polar surface area (TPSA) is 116 Å². The zero-order chi connectivity index (χ0) is 19.7. The molecule has 0 bridgehead atoms. The highest BCUT2D eigenvalue weighted by Gasteiger charge is 2.11. The molecular formula is C15H24N6O4S. The fourth-order valence-corrected chi connectivity index (χ4v) is 2.04. The molecule has 0 saturated carbocycles. The van der Waals surface area contributed by atoms with Crippen molar-refractivity contribution in [2.45, 2.75) is 13.8 Å². The first-order chi connectivity index (χ1) is 12.2. The van der Waals surface area contributed by atoms with Crippen molar-refractivity contribution >= 4 is 27.7 Å². The summed E-state index contributed by atoms with van der Waals surface area (Å²) in [5.41, 5.74) is 2.04. The average Bonchev–Trinajstić information content (AvgIpc) is 2.93. The van der Waals surface area contributed by atoms with Crippen LogP contribution in [0.2, 0.25) is 0 Å². The van der Waals surface area contributed by atoms with Crippen molar-refractivity contribution in [3.05, 3.63) is 30.6 Å². The fraction of sp³-hybridized carbons (Fsp3) is 0.467. The normalized spacial score (nSPS) is 11.3. The van der Waals surface area contributed by atoms with Gasteiger partial charge >= 0.3 is 5.95 Å². The van der Waals surface area contributed by atoms with E-state index in [2.05, 4.69) is 50.4 Å². The van der Waals surface area contributed by atoms with E-state index < -0.39 is 10.4 Å². The van der Waals surface area contributed by atoms with Crippen molar-refractivity contribution in [1.29, 1.82) is 0 Å². The molecule has 0 unspecified atom stereocenters. The summed E-state index contributed by atoms with van der Waals surface area (Å²) in [7, 11) is 0.135. The summed E-state index contributed by atoms with van der Waals surface area (Å²) in [6.07, 6.45) is 1.71. The first-order valence-corrected chi connectivity index (χ1v) is 9.21. The largest absolute Gasteiger partial charge is 0.726 e. The quantitative estimate of drug-likeness (QED) is 0.323. The second kappa shape index (κ2) is 9.94. The van der Waals surface area contributed by atoms with E-state index in [1.165, 1.54) is 5.69 Å². The minimum absolute atomic E-state index is 0.706. The van der Waals surface area contributed by atoms with Crippen LogP contribution in [0.1, 0.15) is 13.8 Å². The molecule has 1 heterocycles. The highest BCUT2D eigenvalue weighted by Crippen LogP contribution is 2.20. The van der Waals surface area contributed by atoms with Gasteiger partial charge in [-0.15, -0.1) is 4.68 Å². The van der Waals surface area contributed by atoms with Crippen LogP contribution in [0, 0.1) is 0 Å². The summed E-state index contributed by atoms with van der Waals surface area (Å²) in [4.78, 5) is 2.29. The van der Waals surface area contributed by atoms with E-state index in [0.29, 0.717) is 5.95 Å². The third-order valence-electron chi connectivity index (χ3n) is 3.44. The van der Waals surface area contributed by atoms with Crippen molar-refractivity contribution in [2.24, 2.45) is 24.3 Å². The molecule has 0 fully saturated rings. The lowest BCUT2D eigenvalue weighted by Crippen LogP contribution is -2.25. The Morgan fingerprint density at radius 2 is 1.77 bits per heavy atom. The van der Waals surface area contributed by atoms with Gasteiger partial charge in [-0.25, -0.2) is 13.0 Å². The van der Waals surface area contributed by atoms with E-state index in [0.717, 1.165) is 25.9 Å². The molecule has 1 aromatic heterocycles. The molecule has 0 aliphatic carbocycles. The summed E-state index contributed by atoms with van der Waals surface area (Å²) >= 11 is 0. The Kier molecular flexibility index (Phi) is 8.29. The standard InChI is InChI=1S/C14H21N6.CH4O4S/c1-5-20(6-2)13-9-7-12(8-10-13)16-17-14-18(3)11-15-19(14)4;1-5-6(2,3)4/h7-11H,5-6H2,1-4H3;1H3,(H,2,3,4)/q+1;/p-1. The molecule has 0 saturated heterocycles. The summed E-state index contributed by atoms with van der Waals surface area (Å²) in [6.45, 7) is 6.31. The van der Waals surface area contributed by atoms with Crippen LogP contribution in [0.25, 0.3) is 0 Å². The van der Waals surface area contributed by atoms with Crippen LogP contribution in [-0.4, -0.2) is 43.0 Å². The summed E-state index contributed by atoms with van der Waals surface area (Å²) < 4.78 is 34.5. The van der Waals surface area contributed by atoms with Gasteiger partial charge in [-0.3, -0.25) is 4.18 Å². The Balaban J connectivity index is 0.000000487. The molecule has 2 aromatic rings. The molecule has 0 amide bonds. The molecule has 11 heteroatoms. The molecule has 1 aromatic carbocycles. The fourth-order valence-electron chi connectivity index (χ4n) is 2.04. The number of benzene rings is 1. The van der Waals surface area contributed by atoms with Crippen LogP contribution in [0.4, 0.5) is 17.3 Å². The maximum Gasteiger partial charge on any atom is 0.403 e. The Hall–Kier alpha value is -2.37. The van der Waals surface area contributed by atoms with E-state index in [4.69, 9.17) is 0 Å². The van der Waals surface area contributed by atoms with Crippen LogP contribution >= 0.6 is 0 Å². The summed E-state index contributed by atoms with van der Waals surface area (Å²) in [5.74, 6) is 0.706. The third-order valence-corrected chi connectivity index (χ3v) is 3.85. The van der Waals surface area contributed by atoms with Crippen molar-refractivity contribution in [2.75, 3.05) is 25.1 Å². The highest BCUT2D eigenvalue weighted by atomic mass is 32.3. The van der Waals surface area contributed by atoms with Crippen molar-refractivity contribution in [3.63, 3.8) is 0 Å². The second-order valence-corrected chi connectivity index (χ2v) is 6.28. The predicted molar refractivity (Wildman–Crippen MR) is 95.3 cm³/mol. The van der Waals surface area contributed by atoms with Gasteiger partial charge in [0.2, 0.25) is 16.7 Å². The molecule has 144 valence electrons. The average molecular weight is 384 g/mol. The molecule has 2 rings (SSSR count). The molecule has 10 nitrogen and oxygen atoms in total. The molecule has 0 spiro atoms. The SMILES string of the molecule is CCN(CC)c1ccc(N=Nc2n(C)nc[n+]2C)cc1.COS(=O)(=O)[O-]. The van der Waals surface area contributed by atoms with Crippen LogP contribution in [-0.2, 0) is 28.7 Å². The zero-order valence-electron chi connectivity index (χ0n) is 15.5. The minimum Gasteiger partial charge on any atom is -0.726 e. The molecule has 0 atom stereocenters. The lowest BCUT2D eigenvalue weighted by Gasteiger charge is -2.20. The third kappa shape index (κ3) is 6.86. The van der Waals surface area contributed by atoms with Crippen molar-refractivity contribution in [1.82, 2.24) is 9.78 Å². The Bertz CT molecular complexity index is 794. The number of rotatable bonds is 6. The summed E-state index contributed by atoms with van der Waals surface area (Å²) in [5, 5.41) is 12.6. The molecule has 0 radical (unpaired) electrons. The van der Waals surface area contributed by atoms with Crippen LogP contribution in [0.3, 0.4) is 0 Å². The van der Waals surface area contributed by atoms with Crippen LogP contribution in [0.15, 0.2) is 40.8 Å². The van der Waals surface area contributed by atoms with Gasteiger partial charge in [-0.05, 0) is 43.2 Å². The number of aromatic nitrogens is 3. The monoisotopic (exact) mass is 384 g/mol. The van der Waals surface area contributed by atoms with Crippen molar-refractivity contribution in [3.8, 4) is 0 Å². The van der Waals surface area contributed by atoms with Gasteiger partial charge in [0.1, 0.15) is 0 Å². The predicted octanol–water partition coefficient (Wildman–Crippen LogP) is 1.60.